The van der Waals surface area contributed by atoms with E-state index >= 15 is 0 Å². The molecule has 3 aliphatic rings. The molecule has 466 valence electrons. The molecule has 7 N–H and O–H groups in total. The van der Waals surface area contributed by atoms with Crippen LogP contribution in [0.25, 0.3) is 22.0 Å². The number of Topliss-reactive ketones (excluding diaryl/α,β-unsaturated/α-hetero) is 3. The Morgan fingerprint density at radius 3 is 1.72 bits per heavy atom. The van der Waals surface area contributed by atoms with Crippen molar-refractivity contribution in [2.45, 2.75) is 165 Å². The average Bonchev–Trinajstić information content (AvgIpc) is 2.41. The lowest BCUT2D eigenvalue weighted by Crippen LogP contribution is -2.37. The van der Waals surface area contributed by atoms with Gasteiger partial charge in [0.15, 0.2) is 23.0 Å². The third kappa shape index (κ3) is 19.7. The van der Waals surface area contributed by atoms with Crippen LogP contribution in [0.3, 0.4) is 0 Å². The zero-order chi connectivity index (χ0) is 63.9. The van der Waals surface area contributed by atoms with Crippen molar-refractivity contribution in [1.82, 2.24) is 30.2 Å². The van der Waals surface area contributed by atoms with Crippen LogP contribution >= 0.6 is 0 Å². The number of rotatable bonds is 19. The second-order valence-electron chi connectivity index (χ2n) is 26.3. The predicted molar refractivity (Wildman–Crippen MR) is 355 cm³/mol. The number of ether oxygens (including phenoxy) is 2. The fraction of sp³-hybridized carbons (Fsp3) is 0.443. The Kier molecular flexibility index (Phi) is 22.8. The molecule has 0 saturated heterocycles. The minimum atomic E-state index is -0.0727. The number of hydrogen-bond acceptors (Lipinski definition) is 17. The topological polar surface area (TPSA) is 238 Å². The summed E-state index contributed by atoms with van der Waals surface area (Å²) in [6, 6.07) is 30.8. The summed E-state index contributed by atoms with van der Waals surface area (Å²) in [5.41, 5.74) is 29.4. The Balaban J connectivity index is 0.000000189. The molecule has 9 rings (SSSR count). The van der Waals surface area contributed by atoms with Crippen molar-refractivity contribution in [3.63, 3.8) is 0 Å². The first-order valence-corrected chi connectivity index (χ1v) is 30.6. The molecular formula is C70H91N13O5. The molecule has 0 amide bonds. The second kappa shape index (κ2) is 29.9. The minimum absolute atomic E-state index is 0.0524. The van der Waals surface area contributed by atoms with Gasteiger partial charge in [-0.1, -0.05) is 126 Å². The predicted octanol–water partition coefficient (Wildman–Crippen LogP) is 12.5. The summed E-state index contributed by atoms with van der Waals surface area (Å²) < 4.78 is 11.4. The summed E-state index contributed by atoms with van der Waals surface area (Å²) in [5.74, 6) is 2.84. The van der Waals surface area contributed by atoms with Crippen molar-refractivity contribution in [1.29, 1.82) is 0 Å². The van der Waals surface area contributed by atoms with Crippen LogP contribution in [0, 0.1) is 12.0 Å². The first-order chi connectivity index (χ1) is 41.7. The van der Waals surface area contributed by atoms with Crippen molar-refractivity contribution >= 4 is 63.9 Å². The molecule has 2 aromatic heterocycles. The molecular weight excluding hydrogens is 1100 g/mol. The van der Waals surface area contributed by atoms with Gasteiger partial charge in [0.2, 0.25) is 0 Å². The Bertz CT molecular complexity index is 3550. The molecule has 0 fully saturated rings. The second-order valence-corrected chi connectivity index (χ2v) is 26.3. The van der Waals surface area contributed by atoms with Crippen molar-refractivity contribution < 1.29 is 23.9 Å². The molecule has 0 spiro atoms. The Morgan fingerprint density at radius 2 is 1.19 bits per heavy atom. The van der Waals surface area contributed by atoms with Gasteiger partial charge in [0.1, 0.15) is 29.1 Å². The molecule has 0 aliphatic carbocycles. The smallest absolute Gasteiger partial charge is 0.320 e. The van der Waals surface area contributed by atoms with Crippen LogP contribution in [0.2, 0.25) is 0 Å². The molecule has 0 atom stereocenters. The van der Waals surface area contributed by atoms with E-state index in [0.29, 0.717) is 104 Å². The van der Waals surface area contributed by atoms with Crippen molar-refractivity contribution in [2.24, 2.45) is 16.1 Å². The molecule has 4 aromatic carbocycles. The van der Waals surface area contributed by atoms with Gasteiger partial charge in [-0.3, -0.25) is 19.3 Å². The molecule has 0 saturated carbocycles. The van der Waals surface area contributed by atoms with Crippen molar-refractivity contribution in [3.05, 3.63) is 147 Å². The Labute approximate surface area is 521 Å². The summed E-state index contributed by atoms with van der Waals surface area (Å²) in [6.07, 6.45) is 7.20. The third-order valence-corrected chi connectivity index (χ3v) is 15.0. The average molecular weight is 1190 g/mol. The highest BCUT2D eigenvalue weighted by Gasteiger charge is 2.30. The number of aliphatic imine (C=N–C) groups is 1. The van der Waals surface area contributed by atoms with E-state index in [1.807, 2.05) is 52.3 Å². The van der Waals surface area contributed by atoms with Gasteiger partial charge < -0.3 is 41.8 Å². The number of nitrogens with two attached hydrogens (primary N) is 3. The highest BCUT2D eigenvalue weighted by atomic mass is 16.5. The Hall–Kier alpha value is -8.53. The SMILES string of the molecule is CCCCOc1nc(N)c2c(n1)N(Cc1cccc(CN(C)C(C)(C)C)c1)CC(=O)C2.CCCCOc1nc(N)c2c(n1)N(Cc1cccc(CNC(C)(C)C)c1)CC(=O)C2.[C-]#[N+]c1cccc(-c2ccc3c(c2)N=C(N)CC(C(=O)CC(C)(C)C)=C3)c1. The maximum Gasteiger partial charge on any atom is 0.320 e. The number of fused-ring (bicyclic) bond motifs is 3. The number of hydrogen-bond donors (Lipinski definition) is 4. The number of nitrogens with zero attached hydrogens (tertiary/aromatic N) is 9. The van der Waals surface area contributed by atoms with Gasteiger partial charge in [-0.05, 0) is 118 Å². The molecule has 0 bridgehead atoms. The number of carbonyl (C=O) groups excluding carboxylic acids is 3. The fourth-order valence-corrected chi connectivity index (χ4v) is 9.97. The number of nitrogen functional groups attached to an aromatic ring is 2. The summed E-state index contributed by atoms with van der Waals surface area (Å²) in [4.78, 5) is 69.5. The van der Waals surface area contributed by atoms with Gasteiger partial charge in [-0.2, -0.15) is 19.9 Å². The number of ketones is 3. The lowest BCUT2D eigenvalue weighted by molar-refractivity contribution is -0.118. The fourth-order valence-electron chi connectivity index (χ4n) is 9.97. The molecule has 18 nitrogen and oxygen atoms in total. The van der Waals surface area contributed by atoms with Crippen LogP contribution in [0.1, 0.15) is 154 Å². The zero-order valence-electron chi connectivity index (χ0n) is 53.8. The van der Waals surface area contributed by atoms with E-state index in [0.717, 1.165) is 72.3 Å². The number of aromatic nitrogens is 4. The van der Waals surface area contributed by atoms with Gasteiger partial charge in [0.25, 0.3) is 0 Å². The van der Waals surface area contributed by atoms with Gasteiger partial charge in [-0.15, -0.1) is 0 Å². The maximum absolute atomic E-state index is 12.7. The number of unbranched alkanes of at least 4 members (excludes halogenated alkanes) is 2. The van der Waals surface area contributed by atoms with E-state index < -0.39 is 0 Å². The molecule has 0 radical (unpaired) electrons. The van der Waals surface area contributed by atoms with Crippen LogP contribution in [0.15, 0.2) is 102 Å². The zero-order valence-corrected chi connectivity index (χ0v) is 53.8. The summed E-state index contributed by atoms with van der Waals surface area (Å²) in [7, 11) is 2.13. The molecule has 0 unspecified atom stereocenters. The van der Waals surface area contributed by atoms with Crippen LogP contribution < -0.4 is 41.8 Å². The van der Waals surface area contributed by atoms with Gasteiger partial charge >= 0.3 is 12.0 Å². The normalized spacial score (nSPS) is 14.0. The highest BCUT2D eigenvalue weighted by Crippen LogP contribution is 2.36. The number of nitrogens with one attached hydrogen (secondary N) is 1. The first-order valence-electron chi connectivity index (χ1n) is 30.6. The standard InChI is InChI=1S/C24H35N5O2.C23H33N5O2.C23H23N3O/c1-6-7-11-31-23-26-21(25)20-13-19(30)16-29(22(20)27-23)15-18-10-8-9-17(12-18)14-28(5)24(2,3)4;1-5-6-10-30-22-26-20(24)19-12-18(29)15-28(21(19)27-22)14-17-9-7-8-16(11-17)13-25-23(2,3)4;1-23(2,3)14-21(27)18-10-17-9-8-16(12-20(17)26-22(24)13-18)15-6-5-7-19(11-15)25-4/h8-10,12H,6-7,11,13-16H2,1-5H3,(H2,25,26,27);7-9,11,25H,5-6,10,12-15H2,1-4H3,(H2,24,26,27);5-12H,13-14H2,1-3H3,(H2,24,26). The quantitative estimate of drug-likeness (QED) is 0.0436. The molecule has 5 heterocycles. The molecule has 18 heteroatoms. The van der Waals surface area contributed by atoms with E-state index in [4.69, 9.17) is 33.2 Å². The first kappa shape index (κ1) is 67.0. The number of carbonyl (C=O) groups is 3. The summed E-state index contributed by atoms with van der Waals surface area (Å²) >= 11 is 0. The third-order valence-electron chi connectivity index (χ3n) is 15.0. The molecule has 6 aromatic rings. The van der Waals surface area contributed by atoms with Gasteiger partial charge in [-0.25, -0.2) is 9.84 Å². The number of anilines is 4. The Morgan fingerprint density at radius 1 is 0.670 bits per heavy atom. The monoisotopic (exact) mass is 1190 g/mol. The maximum atomic E-state index is 12.7. The lowest BCUT2D eigenvalue weighted by atomic mass is 9.86. The summed E-state index contributed by atoms with van der Waals surface area (Å²) in [5, 5.41) is 3.51. The van der Waals surface area contributed by atoms with Crippen LogP contribution in [-0.2, 0) is 53.4 Å². The van der Waals surface area contributed by atoms with Crippen molar-refractivity contribution in [2.75, 3.05) is 54.6 Å². The lowest BCUT2D eigenvalue weighted by Gasteiger charge is -2.32. The van der Waals surface area contributed by atoms with Gasteiger partial charge in [0.05, 0.1) is 38.6 Å². The molecule has 3 aliphatic heterocycles. The minimum Gasteiger partial charge on any atom is -0.463 e. The van der Waals surface area contributed by atoms with Crippen molar-refractivity contribution in [3.8, 4) is 23.1 Å². The van der Waals surface area contributed by atoms with Crippen LogP contribution in [0.4, 0.5) is 34.6 Å². The van der Waals surface area contributed by atoms with E-state index in [1.54, 1.807) is 6.07 Å². The summed E-state index contributed by atoms with van der Waals surface area (Å²) in [6.45, 7) is 35.1. The van der Waals surface area contributed by atoms with Crippen LogP contribution in [0.5, 0.6) is 12.0 Å². The van der Waals surface area contributed by atoms with E-state index in [2.05, 4.69) is 172 Å². The highest BCUT2D eigenvalue weighted by molar-refractivity contribution is 6.07. The van der Waals surface area contributed by atoms with Crippen LogP contribution in [-0.4, -0.2) is 92.4 Å². The van der Waals surface area contributed by atoms with E-state index in [1.165, 1.54) is 11.1 Å². The van der Waals surface area contributed by atoms with Gasteiger partial charge in [0, 0.05) is 85.2 Å². The van der Waals surface area contributed by atoms with E-state index in [-0.39, 0.29) is 58.7 Å². The molecule has 88 heavy (non-hydrogen) atoms. The number of amidine groups is 1. The van der Waals surface area contributed by atoms with E-state index in [9.17, 15) is 14.4 Å². The largest absolute Gasteiger partial charge is 0.463 e. The number of benzene rings is 4.